The van der Waals surface area contributed by atoms with Crippen molar-refractivity contribution >= 4 is 11.7 Å². The second kappa shape index (κ2) is 5.34. The molecule has 0 saturated heterocycles. The maximum absolute atomic E-state index is 10.7. The molecule has 3 N–H and O–H groups in total. The Bertz CT molecular complexity index is 371. The molecule has 0 heterocycles. The van der Waals surface area contributed by atoms with Crippen LogP contribution in [0.1, 0.15) is 51.9 Å². The molecule has 0 fully saturated rings. The number of carbonyl (C=O) groups excluding carboxylic acids is 1. The quantitative estimate of drug-likeness (QED) is 0.674. The molecular weight excluding hydrogens is 214 g/mol. The van der Waals surface area contributed by atoms with Crippen molar-refractivity contribution in [2.75, 3.05) is 0 Å². The van der Waals surface area contributed by atoms with Crippen LogP contribution in [-0.4, -0.2) is 11.7 Å². The molecule has 2 amide bonds. The van der Waals surface area contributed by atoms with Crippen LogP contribution in [0, 0.1) is 5.92 Å². The summed E-state index contributed by atoms with van der Waals surface area (Å²) < 4.78 is 0. The minimum atomic E-state index is -0.577. The van der Waals surface area contributed by atoms with Crippen molar-refractivity contribution in [1.29, 1.82) is 0 Å². The zero-order valence-electron chi connectivity index (χ0n) is 10.5. The lowest BCUT2D eigenvalue weighted by Gasteiger charge is -2.25. The first-order chi connectivity index (χ1) is 8.16. The average molecular weight is 235 g/mol. The first-order valence-electron chi connectivity index (χ1n) is 6.50. The van der Waals surface area contributed by atoms with E-state index in [4.69, 9.17) is 5.73 Å². The fraction of sp³-hybridized carbons (Fsp3) is 0.692. The van der Waals surface area contributed by atoms with Crippen molar-refractivity contribution in [2.24, 2.45) is 16.8 Å². The smallest absolute Gasteiger partial charge is 0.332 e. The minimum absolute atomic E-state index is 0.577. The molecule has 0 aromatic carbocycles. The molecule has 17 heavy (non-hydrogen) atoms. The Balaban J connectivity index is 2.23. The number of allylic oxidation sites excluding steroid dienone is 2. The molecule has 0 saturated carbocycles. The summed E-state index contributed by atoms with van der Waals surface area (Å²) in [5, 5.41) is 4.19. The van der Waals surface area contributed by atoms with Gasteiger partial charge in [-0.15, -0.1) is 0 Å². The fourth-order valence-corrected chi connectivity index (χ4v) is 2.90. The molecule has 0 aromatic rings. The van der Waals surface area contributed by atoms with Gasteiger partial charge in [0.25, 0.3) is 0 Å². The molecule has 94 valence electrons. The molecule has 0 aromatic heterocycles. The summed E-state index contributed by atoms with van der Waals surface area (Å²) >= 11 is 0. The van der Waals surface area contributed by atoms with Crippen molar-refractivity contribution in [2.45, 2.75) is 51.9 Å². The first-order valence-corrected chi connectivity index (χ1v) is 6.50. The molecule has 0 aliphatic heterocycles. The Kier molecular flexibility index (Phi) is 3.82. The zero-order chi connectivity index (χ0) is 12.3. The Morgan fingerprint density at radius 3 is 2.82 bits per heavy atom. The highest BCUT2D eigenvalue weighted by Gasteiger charge is 2.24. The van der Waals surface area contributed by atoms with Crippen LogP contribution in [0.4, 0.5) is 4.79 Å². The Morgan fingerprint density at radius 1 is 1.29 bits per heavy atom. The van der Waals surface area contributed by atoms with Gasteiger partial charge < -0.3 is 5.73 Å². The van der Waals surface area contributed by atoms with E-state index in [1.807, 2.05) is 0 Å². The van der Waals surface area contributed by atoms with Gasteiger partial charge >= 0.3 is 6.03 Å². The summed E-state index contributed by atoms with van der Waals surface area (Å²) in [5.41, 5.74) is 11.5. The van der Waals surface area contributed by atoms with Crippen molar-refractivity contribution in [1.82, 2.24) is 5.43 Å². The first kappa shape index (κ1) is 12.1. The zero-order valence-corrected chi connectivity index (χ0v) is 10.5. The molecule has 0 radical (unpaired) electrons. The molecule has 2 aliphatic rings. The lowest BCUT2D eigenvalue weighted by Crippen LogP contribution is -2.28. The number of urea groups is 1. The molecular formula is C13H21N3O. The number of primary amides is 1. The average Bonchev–Trinajstić information content (AvgIpc) is 2.50. The predicted octanol–water partition coefficient (Wildman–Crippen LogP) is 2.70. The van der Waals surface area contributed by atoms with E-state index in [1.165, 1.54) is 37.7 Å². The van der Waals surface area contributed by atoms with Crippen molar-refractivity contribution < 1.29 is 4.79 Å². The lowest BCUT2D eigenvalue weighted by atomic mass is 9.81. The third-order valence-electron chi connectivity index (χ3n) is 3.62. The maximum Gasteiger partial charge on any atom is 0.332 e. The van der Waals surface area contributed by atoms with E-state index in [-0.39, 0.29) is 0 Å². The van der Waals surface area contributed by atoms with Gasteiger partial charge in [0.1, 0.15) is 0 Å². The summed E-state index contributed by atoms with van der Waals surface area (Å²) in [6.45, 7) is 2.24. The normalized spacial score (nSPS) is 27.6. The van der Waals surface area contributed by atoms with Gasteiger partial charge in [0.2, 0.25) is 0 Å². The summed E-state index contributed by atoms with van der Waals surface area (Å²) in [6, 6.07) is -0.577. The van der Waals surface area contributed by atoms with E-state index in [2.05, 4.69) is 17.5 Å². The topological polar surface area (TPSA) is 67.5 Å². The largest absolute Gasteiger partial charge is 0.350 e. The highest BCUT2D eigenvalue weighted by atomic mass is 16.2. The number of hydrazone groups is 1. The summed E-state index contributed by atoms with van der Waals surface area (Å²) in [4.78, 5) is 10.7. The summed E-state index contributed by atoms with van der Waals surface area (Å²) in [7, 11) is 0. The second-order valence-corrected chi connectivity index (χ2v) is 5.19. The SMILES string of the molecule is CC1CC2=C(CCCCC2)/C(=N\NC(N)=O)C1. The molecule has 1 atom stereocenters. The number of amides is 2. The number of nitrogens with zero attached hydrogens (tertiary/aromatic N) is 1. The van der Waals surface area contributed by atoms with Crippen molar-refractivity contribution in [3.8, 4) is 0 Å². The van der Waals surface area contributed by atoms with Crippen LogP contribution < -0.4 is 11.2 Å². The van der Waals surface area contributed by atoms with E-state index < -0.39 is 6.03 Å². The van der Waals surface area contributed by atoms with Crippen LogP contribution in [0.5, 0.6) is 0 Å². The Hall–Kier alpha value is -1.32. The highest BCUT2D eigenvalue weighted by Crippen LogP contribution is 2.35. The van der Waals surface area contributed by atoms with Crippen LogP contribution in [-0.2, 0) is 0 Å². The van der Waals surface area contributed by atoms with Gasteiger partial charge in [0, 0.05) is 0 Å². The standard InChI is InChI=1S/C13H21N3O/c1-9-7-10-5-3-2-4-6-11(10)12(8-9)15-16-13(14)17/h9H,2-8H2,1H3,(H3,14,16,17)/b15-12-. The summed E-state index contributed by atoms with van der Waals surface area (Å²) in [6.07, 6.45) is 8.31. The molecule has 0 spiro atoms. The molecule has 2 rings (SSSR count). The van der Waals surface area contributed by atoms with E-state index in [0.717, 1.165) is 18.6 Å². The molecule has 4 nitrogen and oxygen atoms in total. The van der Waals surface area contributed by atoms with Crippen LogP contribution >= 0.6 is 0 Å². The lowest BCUT2D eigenvalue weighted by molar-refractivity contribution is 0.249. The number of nitrogens with two attached hydrogens (primary N) is 1. The van der Waals surface area contributed by atoms with Gasteiger partial charge in [0.15, 0.2) is 0 Å². The third-order valence-corrected chi connectivity index (χ3v) is 3.62. The van der Waals surface area contributed by atoms with Gasteiger partial charge in [-0.1, -0.05) is 18.9 Å². The third kappa shape index (κ3) is 3.08. The van der Waals surface area contributed by atoms with Crippen LogP contribution in [0.15, 0.2) is 16.2 Å². The number of rotatable bonds is 1. The van der Waals surface area contributed by atoms with E-state index >= 15 is 0 Å². The minimum Gasteiger partial charge on any atom is -0.350 e. The van der Waals surface area contributed by atoms with Gasteiger partial charge in [-0.05, 0) is 50.0 Å². The molecule has 4 heteroatoms. The van der Waals surface area contributed by atoms with E-state index in [1.54, 1.807) is 5.57 Å². The van der Waals surface area contributed by atoms with Crippen LogP contribution in [0.2, 0.25) is 0 Å². The molecule has 0 bridgehead atoms. The number of carbonyl (C=O) groups is 1. The van der Waals surface area contributed by atoms with E-state index in [0.29, 0.717) is 5.92 Å². The Morgan fingerprint density at radius 2 is 2.06 bits per heavy atom. The Labute approximate surface area is 102 Å². The van der Waals surface area contributed by atoms with Crippen LogP contribution in [0.3, 0.4) is 0 Å². The number of hydrogen-bond acceptors (Lipinski definition) is 2. The fourth-order valence-electron chi connectivity index (χ4n) is 2.90. The second-order valence-electron chi connectivity index (χ2n) is 5.19. The van der Waals surface area contributed by atoms with Crippen LogP contribution in [0.25, 0.3) is 0 Å². The van der Waals surface area contributed by atoms with Gasteiger partial charge in [0.05, 0.1) is 5.71 Å². The van der Waals surface area contributed by atoms with E-state index in [9.17, 15) is 4.79 Å². The highest BCUT2D eigenvalue weighted by molar-refractivity contribution is 6.02. The number of nitrogens with one attached hydrogen (secondary N) is 1. The van der Waals surface area contributed by atoms with Gasteiger partial charge in [-0.25, -0.2) is 10.2 Å². The van der Waals surface area contributed by atoms with Gasteiger partial charge in [-0.2, -0.15) is 5.10 Å². The monoisotopic (exact) mass is 235 g/mol. The summed E-state index contributed by atoms with van der Waals surface area (Å²) in [5.74, 6) is 0.625. The number of hydrogen-bond donors (Lipinski definition) is 2. The maximum atomic E-state index is 10.7. The van der Waals surface area contributed by atoms with Crippen molar-refractivity contribution in [3.63, 3.8) is 0 Å². The molecule has 1 unspecified atom stereocenters. The van der Waals surface area contributed by atoms with Crippen molar-refractivity contribution in [3.05, 3.63) is 11.1 Å². The molecule has 2 aliphatic carbocycles. The van der Waals surface area contributed by atoms with Gasteiger partial charge in [-0.3, -0.25) is 0 Å². The predicted molar refractivity (Wildman–Crippen MR) is 68.7 cm³/mol.